The van der Waals surface area contributed by atoms with Crippen LogP contribution in [0.3, 0.4) is 0 Å². The quantitative estimate of drug-likeness (QED) is 0.649. The lowest BCUT2D eigenvalue weighted by Gasteiger charge is -2.32. The van der Waals surface area contributed by atoms with Crippen molar-refractivity contribution in [3.8, 4) is 11.1 Å². The molecule has 1 heterocycles. The highest BCUT2D eigenvalue weighted by molar-refractivity contribution is 6.33. The average molecular weight is 378 g/mol. The third-order valence-electron chi connectivity index (χ3n) is 5.25. The van der Waals surface area contributed by atoms with Gasteiger partial charge in [0.25, 0.3) is 0 Å². The summed E-state index contributed by atoms with van der Waals surface area (Å²) in [6.45, 7) is 2.57. The molecule has 1 fully saturated rings. The first-order valence-electron chi connectivity index (χ1n) is 9.53. The molecule has 138 valence electrons. The fourth-order valence-corrected chi connectivity index (χ4v) is 4.12. The van der Waals surface area contributed by atoms with Crippen LogP contribution in [0.2, 0.25) is 5.02 Å². The summed E-state index contributed by atoms with van der Waals surface area (Å²) in [6, 6.07) is 27.3. The molecule has 0 amide bonds. The Bertz CT molecular complexity index is 874. The van der Waals surface area contributed by atoms with E-state index in [2.05, 4.69) is 66.0 Å². The van der Waals surface area contributed by atoms with E-state index >= 15 is 0 Å². The van der Waals surface area contributed by atoms with E-state index in [0.29, 0.717) is 5.92 Å². The summed E-state index contributed by atoms with van der Waals surface area (Å²) in [5.74, 6) is 0.294. The van der Waals surface area contributed by atoms with Crippen LogP contribution in [-0.4, -0.2) is 25.8 Å². The van der Waals surface area contributed by atoms with Gasteiger partial charge in [-0.1, -0.05) is 84.4 Å². The first-order valence-corrected chi connectivity index (χ1v) is 9.91. The zero-order valence-electron chi connectivity index (χ0n) is 15.3. The van der Waals surface area contributed by atoms with Crippen molar-refractivity contribution in [1.82, 2.24) is 5.32 Å². The summed E-state index contributed by atoms with van der Waals surface area (Å²) >= 11 is 6.50. The molecule has 0 spiro atoms. The molecule has 1 aliphatic rings. The van der Waals surface area contributed by atoms with Gasteiger partial charge in [0.2, 0.25) is 0 Å². The molecule has 0 saturated carbocycles. The van der Waals surface area contributed by atoms with Gasteiger partial charge in [-0.15, -0.1) is 0 Å². The fraction of sp³-hybridized carbons (Fsp3) is 0.250. The van der Waals surface area contributed by atoms with Crippen LogP contribution in [0.1, 0.15) is 17.0 Å². The number of benzene rings is 3. The Morgan fingerprint density at radius 3 is 2.33 bits per heavy atom. The molecule has 0 aliphatic carbocycles. The third-order valence-corrected chi connectivity index (χ3v) is 5.58. The van der Waals surface area contributed by atoms with E-state index in [1.165, 1.54) is 16.7 Å². The van der Waals surface area contributed by atoms with Gasteiger partial charge in [0.05, 0.1) is 12.7 Å². The molecule has 2 atom stereocenters. The minimum absolute atomic E-state index is 0.167. The zero-order chi connectivity index (χ0) is 18.5. The molecule has 0 bridgehead atoms. The number of hydrogen-bond acceptors (Lipinski definition) is 2. The van der Waals surface area contributed by atoms with Gasteiger partial charge in [0.1, 0.15) is 0 Å². The van der Waals surface area contributed by atoms with Crippen LogP contribution in [0.5, 0.6) is 0 Å². The summed E-state index contributed by atoms with van der Waals surface area (Å²) in [6.07, 6.45) is 1.08. The first kappa shape index (κ1) is 18.2. The van der Waals surface area contributed by atoms with Gasteiger partial charge >= 0.3 is 0 Å². The van der Waals surface area contributed by atoms with Crippen molar-refractivity contribution in [2.24, 2.45) is 0 Å². The minimum atomic E-state index is 0.167. The van der Waals surface area contributed by atoms with E-state index < -0.39 is 0 Å². The second-order valence-corrected chi connectivity index (χ2v) is 7.38. The molecule has 1 saturated heterocycles. The molecular formula is C24H24ClNO. The fourth-order valence-electron chi connectivity index (χ4n) is 3.89. The zero-order valence-corrected chi connectivity index (χ0v) is 16.0. The van der Waals surface area contributed by atoms with Crippen LogP contribution >= 0.6 is 11.6 Å². The van der Waals surface area contributed by atoms with Crippen molar-refractivity contribution in [2.45, 2.75) is 18.4 Å². The number of rotatable bonds is 5. The topological polar surface area (TPSA) is 21.3 Å². The molecule has 4 rings (SSSR count). The van der Waals surface area contributed by atoms with Crippen LogP contribution in [0, 0.1) is 0 Å². The first-order chi connectivity index (χ1) is 13.3. The molecular weight excluding hydrogens is 354 g/mol. The second kappa shape index (κ2) is 8.71. The molecule has 3 aromatic rings. The van der Waals surface area contributed by atoms with Crippen LogP contribution < -0.4 is 5.32 Å². The lowest BCUT2D eigenvalue weighted by atomic mass is 9.84. The van der Waals surface area contributed by atoms with Gasteiger partial charge in [-0.2, -0.15) is 0 Å². The van der Waals surface area contributed by atoms with Crippen molar-refractivity contribution in [1.29, 1.82) is 0 Å². The Labute approximate surface area is 166 Å². The maximum Gasteiger partial charge on any atom is 0.0771 e. The number of nitrogens with one attached hydrogen (secondary N) is 1. The van der Waals surface area contributed by atoms with E-state index in [0.717, 1.165) is 36.7 Å². The summed E-state index contributed by atoms with van der Waals surface area (Å²) in [7, 11) is 0. The van der Waals surface area contributed by atoms with E-state index in [1.807, 2.05) is 18.2 Å². The van der Waals surface area contributed by atoms with E-state index in [4.69, 9.17) is 16.3 Å². The van der Waals surface area contributed by atoms with Gasteiger partial charge in [0, 0.05) is 29.6 Å². The number of ether oxygens (including phenoxy) is 1. The van der Waals surface area contributed by atoms with Gasteiger partial charge in [-0.05, 0) is 29.2 Å². The van der Waals surface area contributed by atoms with Crippen LogP contribution in [0.25, 0.3) is 11.1 Å². The molecule has 0 aromatic heterocycles. The van der Waals surface area contributed by atoms with E-state index in [9.17, 15) is 0 Å². The third kappa shape index (κ3) is 4.24. The Morgan fingerprint density at radius 1 is 0.889 bits per heavy atom. The molecule has 1 unspecified atom stereocenters. The Balaban J connectivity index is 1.71. The summed E-state index contributed by atoms with van der Waals surface area (Å²) in [4.78, 5) is 0. The maximum atomic E-state index is 6.50. The average Bonchev–Trinajstić information content (AvgIpc) is 2.74. The van der Waals surface area contributed by atoms with Crippen molar-refractivity contribution < 1.29 is 4.74 Å². The molecule has 1 aliphatic heterocycles. The SMILES string of the molecule is Clc1ccccc1-c1ccccc1CC(c1ccccc1)[C@@H]1CNCCO1. The monoisotopic (exact) mass is 377 g/mol. The van der Waals surface area contributed by atoms with Crippen LogP contribution in [-0.2, 0) is 11.2 Å². The van der Waals surface area contributed by atoms with Gasteiger partial charge in [-0.25, -0.2) is 0 Å². The van der Waals surface area contributed by atoms with Crippen molar-refractivity contribution in [2.75, 3.05) is 19.7 Å². The highest BCUT2D eigenvalue weighted by atomic mass is 35.5. The van der Waals surface area contributed by atoms with Gasteiger partial charge in [0.15, 0.2) is 0 Å². The second-order valence-electron chi connectivity index (χ2n) is 6.97. The van der Waals surface area contributed by atoms with Crippen LogP contribution in [0.15, 0.2) is 78.9 Å². The smallest absolute Gasteiger partial charge is 0.0771 e. The lowest BCUT2D eigenvalue weighted by molar-refractivity contribution is 0.0110. The highest BCUT2D eigenvalue weighted by Gasteiger charge is 2.27. The van der Waals surface area contributed by atoms with Crippen LogP contribution in [0.4, 0.5) is 0 Å². The van der Waals surface area contributed by atoms with E-state index in [1.54, 1.807) is 0 Å². The Hall–Kier alpha value is -2.13. The van der Waals surface area contributed by atoms with Crippen molar-refractivity contribution in [3.05, 3.63) is 95.0 Å². The summed E-state index contributed by atoms with van der Waals surface area (Å²) in [5.41, 5.74) is 4.91. The molecule has 0 radical (unpaired) electrons. The highest BCUT2D eigenvalue weighted by Crippen LogP contribution is 2.34. The van der Waals surface area contributed by atoms with E-state index in [-0.39, 0.29) is 6.10 Å². The molecule has 2 nitrogen and oxygen atoms in total. The minimum Gasteiger partial charge on any atom is -0.375 e. The number of hydrogen-bond donors (Lipinski definition) is 1. The predicted octanol–water partition coefficient (Wildman–Crippen LogP) is 5.32. The molecule has 3 heteroatoms. The van der Waals surface area contributed by atoms with Crippen molar-refractivity contribution >= 4 is 11.6 Å². The Morgan fingerprint density at radius 2 is 1.59 bits per heavy atom. The largest absolute Gasteiger partial charge is 0.375 e. The standard InChI is InChI=1S/C24H24ClNO/c25-23-13-7-6-12-21(23)20-11-5-4-10-19(20)16-22(18-8-2-1-3-9-18)24-17-26-14-15-27-24/h1-13,22,24,26H,14-17H2/t22?,24-/m0/s1. The van der Waals surface area contributed by atoms with Gasteiger partial charge in [-0.3, -0.25) is 0 Å². The van der Waals surface area contributed by atoms with Gasteiger partial charge < -0.3 is 10.1 Å². The summed E-state index contributed by atoms with van der Waals surface area (Å²) < 4.78 is 6.15. The maximum absolute atomic E-state index is 6.50. The molecule has 1 N–H and O–H groups in total. The van der Waals surface area contributed by atoms with Crippen molar-refractivity contribution in [3.63, 3.8) is 0 Å². The number of halogens is 1. The summed E-state index contributed by atoms with van der Waals surface area (Å²) in [5, 5.41) is 4.27. The number of morpholine rings is 1. The molecule has 3 aromatic carbocycles. The predicted molar refractivity (Wildman–Crippen MR) is 112 cm³/mol. The molecule has 27 heavy (non-hydrogen) atoms. The Kier molecular flexibility index (Phi) is 5.88. The normalized spacial score (nSPS) is 18.2. The lowest BCUT2D eigenvalue weighted by Crippen LogP contribution is -2.42.